The molecule has 136 valence electrons. The van der Waals surface area contributed by atoms with Gasteiger partial charge in [-0.25, -0.2) is 0 Å². The van der Waals surface area contributed by atoms with Crippen molar-refractivity contribution < 1.29 is 9.59 Å². The fraction of sp³-hybridized carbons (Fsp3) is 0.364. The van der Waals surface area contributed by atoms with Gasteiger partial charge in [-0.15, -0.1) is 0 Å². The van der Waals surface area contributed by atoms with Crippen LogP contribution in [0.25, 0.3) is 0 Å². The molecule has 0 bridgehead atoms. The normalized spacial score (nSPS) is 14.2. The van der Waals surface area contributed by atoms with Gasteiger partial charge in [-0.1, -0.05) is 18.2 Å². The molecule has 0 aromatic heterocycles. The number of carbonyl (C=O) groups is 2. The third-order valence-corrected chi connectivity index (χ3v) is 5.13. The van der Waals surface area contributed by atoms with E-state index < -0.39 is 0 Å². The lowest BCUT2D eigenvalue weighted by Gasteiger charge is -2.27. The molecular formula is C22H26N2O2. The molecule has 2 aromatic carbocycles. The molecule has 0 saturated carbocycles. The minimum atomic E-state index is -0.176. The lowest BCUT2D eigenvalue weighted by molar-refractivity contribution is 0.0725. The standard InChI is InChI=1S/C22H26N2O2/c1-15-13-17(3)19(14-16(15)2)21(25)23-20-10-6-5-9-18(20)22(26)24-11-7-4-8-12-24/h5-6,9-10,13-14H,4,7-8,11-12H2,1-3H3,(H,23,25). The first-order chi connectivity index (χ1) is 12.5. The first-order valence-corrected chi connectivity index (χ1v) is 9.25. The number of anilines is 1. The average molecular weight is 350 g/mol. The van der Waals surface area contributed by atoms with Crippen LogP contribution in [0.5, 0.6) is 0 Å². The van der Waals surface area contributed by atoms with E-state index in [-0.39, 0.29) is 11.8 Å². The molecule has 0 spiro atoms. The van der Waals surface area contributed by atoms with Crippen LogP contribution in [0.3, 0.4) is 0 Å². The molecule has 1 fully saturated rings. The van der Waals surface area contributed by atoms with E-state index in [0.717, 1.165) is 37.1 Å². The number of aryl methyl sites for hydroxylation is 3. The van der Waals surface area contributed by atoms with Crippen molar-refractivity contribution in [3.63, 3.8) is 0 Å². The maximum Gasteiger partial charge on any atom is 0.255 e. The van der Waals surface area contributed by atoms with Crippen molar-refractivity contribution in [2.75, 3.05) is 18.4 Å². The molecule has 4 nitrogen and oxygen atoms in total. The van der Waals surface area contributed by atoms with Crippen LogP contribution >= 0.6 is 0 Å². The van der Waals surface area contributed by atoms with Gasteiger partial charge in [-0.05, 0) is 74.9 Å². The van der Waals surface area contributed by atoms with Crippen LogP contribution in [0.1, 0.15) is 56.7 Å². The molecule has 1 heterocycles. The second kappa shape index (κ2) is 7.73. The third kappa shape index (κ3) is 3.79. The van der Waals surface area contributed by atoms with Gasteiger partial charge in [0.1, 0.15) is 0 Å². The molecular weight excluding hydrogens is 324 g/mol. The number of benzene rings is 2. The number of piperidine rings is 1. The van der Waals surface area contributed by atoms with E-state index in [2.05, 4.69) is 5.32 Å². The molecule has 26 heavy (non-hydrogen) atoms. The minimum Gasteiger partial charge on any atom is -0.339 e. The topological polar surface area (TPSA) is 49.4 Å². The predicted molar refractivity (Wildman–Crippen MR) is 105 cm³/mol. The Morgan fingerprint density at radius 2 is 1.50 bits per heavy atom. The number of rotatable bonds is 3. The fourth-order valence-corrected chi connectivity index (χ4v) is 3.44. The van der Waals surface area contributed by atoms with Crippen molar-refractivity contribution in [1.29, 1.82) is 0 Å². The summed E-state index contributed by atoms with van der Waals surface area (Å²) in [6, 6.07) is 11.2. The summed E-state index contributed by atoms with van der Waals surface area (Å²) in [6.45, 7) is 7.55. The summed E-state index contributed by atoms with van der Waals surface area (Å²) in [4.78, 5) is 27.6. The third-order valence-electron chi connectivity index (χ3n) is 5.13. The molecule has 0 atom stereocenters. The highest BCUT2D eigenvalue weighted by Gasteiger charge is 2.21. The number of hydrogen-bond donors (Lipinski definition) is 1. The number of para-hydroxylation sites is 1. The first kappa shape index (κ1) is 18.2. The number of hydrogen-bond acceptors (Lipinski definition) is 2. The van der Waals surface area contributed by atoms with E-state index in [0.29, 0.717) is 16.8 Å². The Bertz CT molecular complexity index is 836. The Morgan fingerprint density at radius 3 is 2.23 bits per heavy atom. The molecule has 2 aromatic rings. The first-order valence-electron chi connectivity index (χ1n) is 9.25. The monoisotopic (exact) mass is 350 g/mol. The maximum atomic E-state index is 12.9. The van der Waals surface area contributed by atoms with Crippen LogP contribution in [-0.2, 0) is 0 Å². The molecule has 1 saturated heterocycles. The number of nitrogens with one attached hydrogen (secondary N) is 1. The summed E-state index contributed by atoms with van der Waals surface area (Å²) in [5, 5.41) is 2.95. The molecule has 0 unspecified atom stereocenters. The summed E-state index contributed by atoms with van der Waals surface area (Å²) in [7, 11) is 0. The molecule has 1 aliphatic rings. The Balaban J connectivity index is 1.85. The highest BCUT2D eigenvalue weighted by atomic mass is 16.2. The van der Waals surface area contributed by atoms with Crippen LogP contribution in [0.2, 0.25) is 0 Å². The van der Waals surface area contributed by atoms with Crippen LogP contribution in [-0.4, -0.2) is 29.8 Å². The van der Waals surface area contributed by atoms with Gasteiger partial charge in [0.05, 0.1) is 11.3 Å². The Kier molecular flexibility index (Phi) is 5.40. The van der Waals surface area contributed by atoms with Gasteiger partial charge < -0.3 is 10.2 Å². The van der Waals surface area contributed by atoms with Crippen LogP contribution in [0.4, 0.5) is 5.69 Å². The summed E-state index contributed by atoms with van der Waals surface area (Å²) < 4.78 is 0. The SMILES string of the molecule is Cc1cc(C)c(C(=O)Nc2ccccc2C(=O)N2CCCCC2)cc1C. The fourth-order valence-electron chi connectivity index (χ4n) is 3.44. The van der Waals surface area contributed by atoms with Crippen LogP contribution in [0, 0.1) is 20.8 Å². The molecule has 3 rings (SSSR count). The lowest BCUT2D eigenvalue weighted by Crippen LogP contribution is -2.36. The zero-order valence-electron chi connectivity index (χ0n) is 15.8. The quantitative estimate of drug-likeness (QED) is 0.886. The molecule has 0 radical (unpaired) electrons. The zero-order chi connectivity index (χ0) is 18.7. The predicted octanol–water partition coefficient (Wildman–Crippen LogP) is 4.49. The zero-order valence-corrected chi connectivity index (χ0v) is 15.8. The second-order valence-electron chi connectivity index (χ2n) is 7.10. The Labute approximate surface area is 155 Å². The van der Waals surface area contributed by atoms with Gasteiger partial charge >= 0.3 is 0 Å². The van der Waals surface area contributed by atoms with Crippen LogP contribution in [0.15, 0.2) is 36.4 Å². The van der Waals surface area contributed by atoms with Crippen molar-refractivity contribution >= 4 is 17.5 Å². The molecule has 4 heteroatoms. The van der Waals surface area contributed by atoms with E-state index in [9.17, 15) is 9.59 Å². The van der Waals surface area contributed by atoms with E-state index in [1.807, 2.05) is 49.9 Å². The highest BCUT2D eigenvalue weighted by molar-refractivity contribution is 6.09. The van der Waals surface area contributed by atoms with Gasteiger partial charge in [0.15, 0.2) is 0 Å². The van der Waals surface area contributed by atoms with Gasteiger partial charge in [-0.2, -0.15) is 0 Å². The van der Waals surface area contributed by atoms with E-state index in [4.69, 9.17) is 0 Å². The molecule has 2 amide bonds. The lowest BCUT2D eigenvalue weighted by atomic mass is 10.00. The van der Waals surface area contributed by atoms with Crippen molar-refractivity contribution in [3.8, 4) is 0 Å². The smallest absolute Gasteiger partial charge is 0.255 e. The average Bonchev–Trinajstić information content (AvgIpc) is 2.65. The summed E-state index contributed by atoms with van der Waals surface area (Å²) >= 11 is 0. The summed E-state index contributed by atoms with van der Waals surface area (Å²) in [5.41, 5.74) is 4.96. The summed E-state index contributed by atoms with van der Waals surface area (Å²) in [6.07, 6.45) is 3.26. The van der Waals surface area contributed by atoms with Gasteiger partial charge in [0.25, 0.3) is 11.8 Å². The van der Waals surface area contributed by atoms with Crippen molar-refractivity contribution in [2.24, 2.45) is 0 Å². The second-order valence-corrected chi connectivity index (χ2v) is 7.10. The Hall–Kier alpha value is -2.62. The number of carbonyl (C=O) groups excluding carboxylic acids is 2. The number of nitrogens with zero attached hydrogens (tertiary/aromatic N) is 1. The highest BCUT2D eigenvalue weighted by Crippen LogP contribution is 2.22. The van der Waals surface area contributed by atoms with Gasteiger partial charge in [0.2, 0.25) is 0 Å². The summed E-state index contributed by atoms with van der Waals surface area (Å²) in [5.74, 6) is -0.179. The number of amides is 2. The molecule has 1 aliphatic heterocycles. The van der Waals surface area contributed by atoms with Gasteiger partial charge in [-0.3, -0.25) is 9.59 Å². The van der Waals surface area contributed by atoms with Crippen LogP contribution < -0.4 is 5.32 Å². The maximum absolute atomic E-state index is 12.9. The van der Waals surface area contributed by atoms with Gasteiger partial charge in [0, 0.05) is 18.7 Å². The largest absolute Gasteiger partial charge is 0.339 e. The van der Waals surface area contributed by atoms with Crippen molar-refractivity contribution in [2.45, 2.75) is 40.0 Å². The molecule has 0 aliphatic carbocycles. The van der Waals surface area contributed by atoms with Crippen molar-refractivity contribution in [3.05, 3.63) is 64.2 Å². The van der Waals surface area contributed by atoms with E-state index >= 15 is 0 Å². The van der Waals surface area contributed by atoms with E-state index in [1.165, 1.54) is 12.0 Å². The number of likely N-dealkylation sites (tertiary alicyclic amines) is 1. The Morgan fingerprint density at radius 1 is 0.846 bits per heavy atom. The van der Waals surface area contributed by atoms with Crippen molar-refractivity contribution in [1.82, 2.24) is 4.90 Å². The van der Waals surface area contributed by atoms with E-state index in [1.54, 1.807) is 12.1 Å². The molecule has 1 N–H and O–H groups in total. The minimum absolute atomic E-state index is 0.00240.